The first-order valence-corrected chi connectivity index (χ1v) is 11.5. The highest BCUT2D eigenvalue weighted by molar-refractivity contribution is 7.80. The van der Waals surface area contributed by atoms with E-state index in [-0.39, 0.29) is 16.8 Å². The van der Waals surface area contributed by atoms with Crippen LogP contribution in [0.5, 0.6) is 11.5 Å². The molecule has 174 valence electrons. The van der Waals surface area contributed by atoms with Gasteiger partial charge >= 0.3 is 0 Å². The summed E-state index contributed by atoms with van der Waals surface area (Å²) in [6.07, 6.45) is 1.78. The quantitative estimate of drug-likeness (QED) is 0.296. The molecule has 34 heavy (non-hydrogen) atoms. The van der Waals surface area contributed by atoms with Crippen LogP contribution in [0.4, 0.5) is 5.69 Å². The number of carbonyl (C=O) groups is 1. The van der Waals surface area contributed by atoms with Gasteiger partial charge in [-0.1, -0.05) is 26.0 Å². The van der Waals surface area contributed by atoms with E-state index >= 15 is 0 Å². The molecule has 1 heterocycles. The first-order valence-electron chi connectivity index (χ1n) is 11.0. The third-order valence-electron chi connectivity index (χ3n) is 5.14. The van der Waals surface area contributed by atoms with E-state index in [0.717, 1.165) is 23.9 Å². The van der Waals surface area contributed by atoms with Gasteiger partial charge in [0.25, 0.3) is 5.91 Å². The zero-order valence-electron chi connectivity index (χ0n) is 18.9. The van der Waals surface area contributed by atoms with E-state index in [4.69, 9.17) is 21.4 Å². The lowest BCUT2D eigenvalue weighted by atomic mass is 10.1. The molecule has 0 aliphatic rings. The van der Waals surface area contributed by atoms with Crippen molar-refractivity contribution in [3.05, 3.63) is 71.8 Å². The number of aryl methyl sites for hydroxylation is 1. The molecule has 4 aromatic rings. The molecule has 1 amide bonds. The van der Waals surface area contributed by atoms with E-state index in [1.54, 1.807) is 36.4 Å². The Morgan fingerprint density at radius 2 is 1.97 bits per heavy atom. The Labute approximate surface area is 202 Å². The fourth-order valence-electron chi connectivity index (χ4n) is 3.38. The Hall–Kier alpha value is -3.91. The molecule has 8 heteroatoms. The maximum Gasteiger partial charge on any atom is 0.257 e. The predicted molar refractivity (Wildman–Crippen MR) is 136 cm³/mol. The Bertz CT molecular complexity index is 1350. The Kier molecular flexibility index (Phi) is 7.08. The van der Waals surface area contributed by atoms with E-state index in [9.17, 15) is 9.90 Å². The van der Waals surface area contributed by atoms with E-state index in [1.807, 2.05) is 25.1 Å². The molecule has 0 atom stereocenters. The number of anilines is 1. The average molecular weight is 476 g/mol. The Morgan fingerprint density at radius 3 is 2.74 bits per heavy atom. The number of aromatic hydroxyl groups is 1. The molecule has 0 spiro atoms. The summed E-state index contributed by atoms with van der Waals surface area (Å²) >= 11 is 5.27. The molecule has 7 nitrogen and oxygen atoms in total. The number of benzene rings is 3. The zero-order chi connectivity index (χ0) is 24.1. The number of amides is 1. The van der Waals surface area contributed by atoms with Gasteiger partial charge in [-0.15, -0.1) is 0 Å². The number of aromatic nitrogens is 1. The van der Waals surface area contributed by atoms with Gasteiger partial charge in [-0.25, -0.2) is 4.98 Å². The number of fused-ring (bicyclic) bond motifs is 1. The Morgan fingerprint density at radius 1 is 1.12 bits per heavy atom. The van der Waals surface area contributed by atoms with Crippen molar-refractivity contribution in [2.75, 3.05) is 11.9 Å². The van der Waals surface area contributed by atoms with Crippen LogP contribution in [-0.2, 0) is 6.42 Å². The second-order valence-electron chi connectivity index (χ2n) is 7.69. The number of nitrogens with zero attached hydrogens (tertiary/aromatic N) is 1. The van der Waals surface area contributed by atoms with Crippen molar-refractivity contribution >= 4 is 40.0 Å². The second-order valence-corrected chi connectivity index (χ2v) is 8.10. The number of hydrogen-bond donors (Lipinski definition) is 3. The highest BCUT2D eigenvalue weighted by Crippen LogP contribution is 2.33. The third-order valence-corrected chi connectivity index (χ3v) is 5.35. The van der Waals surface area contributed by atoms with Crippen LogP contribution in [0.3, 0.4) is 0 Å². The summed E-state index contributed by atoms with van der Waals surface area (Å²) in [6, 6.07) is 17.6. The van der Waals surface area contributed by atoms with Crippen molar-refractivity contribution in [3.8, 4) is 23.0 Å². The van der Waals surface area contributed by atoms with Gasteiger partial charge < -0.3 is 19.6 Å². The van der Waals surface area contributed by atoms with Crippen LogP contribution in [0.25, 0.3) is 22.6 Å². The first kappa shape index (κ1) is 23.3. The van der Waals surface area contributed by atoms with Crippen LogP contribution in [0.2, 0.25) is 0 Å². The summed E-state index contributed by atoms with van der Waals surface area (Å²) in [5.41, 5.74) is 3.95. The molecule has 0 unspecified atom stereocenters. The van der Waals surface area contributed by atoms with E-state index in [2.05, 4.69) is 22.5 Å². The largest absolute Gasteiger partial charge is 0.507 e. The normalized spacial score (nSPS) is 10.8. The second kappa shape index (κ2) is 10.4. The standard InChI is InChI=1S/C26H25N3O4S/c1-3-12-32-19-7-5-6-17(14-19)24(31)29-26(34)27-18-9-10-20(22(30)15-18)25-28-21-13-16(4-2)8-11-23(21)33-25/h5-11,13-15,30H,3-4,12H2,1-2H3,(H2,27,29,31,34). The smallest absolute Gasteiger partial charge is 0.257 e. The molecule has 0 bridgehead atoms. The van der Waals surface area contributed by atoms with Gasteiger partial charge in [0.1, 0.15) is 17.0 Å². The Balaban J connectivity index is 1.43. The number of nitrogens with one attached hydrogen (secondary N) is 2. The molecule has 0 fully saturated rings. The molecule has 3 aromatic carbocycles. The topological polar surface area (TPSA) is 96.6 Å². The SMILES string of the molecule is CCCOc1cccc(C(=O)NC(=S)Nc2ccc(-c3nc4cc(CC)ccc4o3)c(O)c2)c1. The van der Waals surface area contributed by atoms with Gasteiger partial charge in [0, 0.05) is 17.3 Å². The number of ether oxygens (including phenoxy) is 1. The number of phenolic OH excluding ortho intramolecular Hbond substituents is 1. The highest BCUT2D eigenvalue weighted by atomic mass is 32.1. The van der Waals surface area contributed by atoms with Crippen LogP contribution in [-0.4, -0.2) is 27.7 Å². The maximum atomic E-state index is 12.5. The van der Waals surface area contributed by atoms with E-state index in [0.29, 0.717) is 40.6 Å². The minimum Gasteiger partial charge on any atom is -0.507 e. The zero-order valence-corrected chi connectivity index (χ0v) is 19.7. The summed E-state index contributed by atoms with van der Waals surface area (Å²) in [4.78, 5) is 17.0. The summed E-state index contributed by atoms with van der Waals surface area (Å²) in [6.45, 7) is 4.67. The molecule has 0 aliphatic carbocycles. The van der Waals surface area contributed by atoms with Crippen molar-refractivity contribution in [2.45, 2.75) is 26.7 Å². The van der Waals surface area contributed by atoms with Gasteiger partial charge in [0.15, 0.2) is 10.7 Å². The van der Waals surface area contributed by atoms with Crippen LogP contribution < -0.4 is 15.4 Å². The summed E-state index contributed by atoms with van der Waals surface area (Å²) < 4.78 is 11.4. The molecule has 0 radical (unpaired) electrons. The fourth-order valence-corrected chi connectivity index (χ4v) is 3.59. The number of rotatable bonds is 7. The number of hydrogen-bond acceptors (Lipinski definition) is 6. The van der Waals surface area contributed by atoms with Gasteiger partial charge in [0.05, 0.1) is 12.2 Å². The molecule has 3 N–H and O–H groups in total. The van der Waals surface area contributed by atoms with Crippen molar-refractivity contribution in [1.82, 2.24) is 10.3 Å². The van der Waals surface area contributed by atoms with Gasteiger partial charge in [-0.2, -0.15) is 0 Å². The van der Waals surface area contributed by atoms with Crippen molar-refractivity contribution in [2.24, 2.45) is 0 Å². The number of oxazole rings is 1. The molecule has 0 aliphatic heterocycles. The van der Waals surface area contributed by atoms with Gasteiger partial charge in [-0.05, 0) is 73.1 Å². The molecule has 0 saturated carbocycles. The van der Waals surface area contributed by atoms with Crippen LogP contribution in [0.15, 0.2) is 65.1 Å². The van der Waals surface area contributed by atoms with Crippen LogP contribution in [0.1, 0.15) is 36.2 Å². The minimum absolute atomic E-state index is 0.0258. The van der Waals surface area contributed by atoms with Gasteiger partial charge in [0.2, 0.25) is 5.89 Å². The minimum atomic E-state index is -0.363. The summed E-state index contributed by atoms with van der Waals surface area (Å²) in [5.74, 6) is 0.563. The predicted octanol–water partition coefficient (Wildman–Crippen LogP) is 5.68. The maximum absolute atomic E-state index is 12.5. The van der Waals surface area contributed by atoms with E-state index in [1.165, 1.54) is 6.07 Å². The van der Waals surface area contributed by atoms with Crippen LogP contribution in [0, 0.1) is 0 Å². The van der Waals surface area contributed by atoms with E-state index < -0.39 is 0 Å². The van der Waals surface area contributed by atoms with Crippen LogP contribution >= 0.6 is 12.2 Å². The first-order chi connectivity index (χ1) is 16.5. The number of thiocarbonyl (C=S) groups is 1. The lowest BCUT2D eigenvalue weighted by Gasteiger charge is -2.11. The van der Waals surface area contributed by atoms with Crippen molar-refractivity contribution < 1.29 is 19.1 Å². The molecule has 0 saturated heterocycles. The lowest BCUT2D eigenvalue weighted by Crippen LogP contribution is -2.34. The lowest BCUT2D eigenvalue weighted by molar-refractivity contribution is 0.0977. The average Bonchev–Trinajstić information content (AvgIpc) is 3.25. The molecular weight excluding hydrogens is 450 g/mol. The van der Waals surface area contributed by atoms with Gasteiger partial charge in [-0.3, -0.25) is 10.1 Å². The summed E-state index contributed by atoms with van der Waals surface area (Å²) in [7, 11) is 0. The highest BCUT2D eigenvalue weighted by Gasteiger charge is 2.14. The summed E-state index contributed by atoms with van der Waals surface area (Å²) in [5, 5.41) is 16.2. The monoisotopic (exact) mass is 475 g/mol. The van der Waals surface area contributed by atoms with Crippen molar-refractivity contribution in [3.63, 3.8) is 0 Å². The third kappa shape index (κ3) is 5.35. The fraction of sp³-hybridized carbons (Fsp3) is 0.192. The molecular formula is C26H25N3O4S. The molecule has 4 rings (SSSR count). The molecule has 1 aromatic heterocycles. The van der Waals surface area contributed by atoms with Crippen molar-refractivity contribution in [1.29, 1.82) is 0 Å². The number of phenols is 1. The number of carbonyl (C=O) groups excluding carboxylic acids is 1.